The van der Waals surface area contributed by atoms with Crippen molar-refractivity contribution in [2.45, 2.75) is 59.1 Å². The SMILES string of the molecule is CC(C)CN(N)C(=O)N(C[C@H](O)CCc1ccccc1)C(C)(C)C. The van der Waals surface area contributed by atoms with Crippen LogP contribution in [-0.4, -0.2) is 45.8 Å². The van der Waals surface area contributed by atoms with Gasteiger partial charge in [0.1, 0.15) is 0 Å². The van der Waals surface area contributed by atoms with Crippen molar-refractivity contribution in [2.24, 2.45) is 11.8 Å². The molecule has 1 aromatic carbocycles. The summed E-state index contributed by atoms with van der Waals surface area (Å²) in [5, 5.41) is 11.7. The van der Waals surface area contributed by atoms with Gasteiger partial charge in [-0.25, -0.2) is 10.6 Å². The molecule has 0 saturated heterocycles. The highest BCUT2D eigenvalue weighted by molar-refractivity contribution is 5.74. The number of urea groups is 1. The average Bonchev–Trinajstić information content (AvgIpc) is 2.49. The van der Waals surface area contributed by atoms with Gasteiger partial charge >= 0.3 is 6.03 Å². The number of aliphatic hydroxyl groups excluding tert-OH is 1. The molecule has 1 atom stereocenters. The summed E-state index contributed by atoms with van der Waals surface area (Å²) in [5.41, 5.74) is 0.782. The van der Waals surface area contributed by atoms with E-state index in [1.54, 1.807) is 4.90 Å². The molecule has 0 aliphatic heterocycles. The Labute approximate surface area is 146 Å². The van der Waals surface area contributed by atoms with Crippen molar-refractivity contribution in [2.75, 3.05) is 13.1 Å². The molecule has 0 bridgehead atoms. The molecular formula is C19H33N3O2. The van der Waals surface area contributed by atoms with E-state index in [0.29, 0.717) is 18.9 Å². The third-order valence-corrected chi connectivity index (χ3v) is 3.85. The van der Waals surface area contributed by atoms with Crippen molar-refractivity contribution < 1.29 is 9.90 Å². The Hall–Kier alpha value is -1.59. The van der Waals surface area contributed by atoms with Gasteiger partial charge in [-0.2, -0.15) is 0 Å². The highest BCUT2D eigenvalue weighted by atomic mass is 16.3. The number of amides is 2. The molecule has 24 heavy (non-hydrogen) atoms. The van der Waals surface area contributed by atoms with E-state index in [1.807, 2.05) is 65.0 Å². The van der Waals surface area contributed by atoms with Gasteiger partial charge in [-0.05, 0) is 45.1 Å². The summed E-state index contributed by atoms with van der Waals surface area (Å²) in [4.78, 5) is 14.3. The van der Waals surface area contributed by atoms with Crippen molar-refractivity contribution in [3.63, 3.8) is 0 Å². The van der Waals surface area contributed by atoms with Gasteiger partial charge in [0, 0.05) is 18.6 Å². The molecule has 1 aromatic rings. The van der Waals surface area contributed by atoms with Gasteiger partial charge in [0.05, 0.1) is 6.10 Å². The number of nitrogens with zero attached hydrogens (tertiary/aromatic N) is 2. The number of hydrazine groups is 1. The molecular weight excluding hydrogens is 302 g/mol. The van der Waals surface area contributed by atoms with Crippen LogP contribution in [0.2, 0.25) is 0 Å². The van der Waals surface area contributed by atoms with Gasteiger partial charge in [-0.1, -0.05) is 44.2 Å². The Bertz CT molecular complexity index is 497. The Morgan fingerprint density at radius 1 is 1.17 bits per heavy atom. The number of benzene rings is 1. The maximum Gasteiger partial charge on any atom is 0.334 e. The lowest BCUT2D eigenvalue weighted by Crippen LogP contribution is -2.56. The second kappa shape index (κ2) is 9.04. The monoisotopic (exact) mass is 335 g/mol. The predicted octanol–water partition coefficient (Wildman–Crippen LogP) is 3.03. The minimum atomic E-state index is -0.583. The van der Waals surface area contributed by atoms with Crippen LogP contribution in [0.4, 0.5) is 4.79 Å². The van der Waals surface area contributed by atoms with Crippen molar-refractivity contribution in [1.82, 2.24) is 9.91 Å². The van der Waals surface area contributed by atoms with Gasteiger partial charge < -0.3 is 10.0 Å². The Balaban J connectivity index is 2.66. The van der Waals surface area contributed by atoms with Crippen LogP contribution in [0.1, 0.15) is 46.6 Å². The summed E-state index contributed by atoms with van der Waals surface area (Å²) in [6.07, 6.45) is 0.811. The first-order chi connectivity index (χ1) is 11.1. The minimum absolute atomic E-state index is 0.241. The van der Waals surface area contributed by atoms with Crippen LogP contribution in [0.25, 0.3) is 0 Å². The number of rotatable bonds is 7. The molecule has 0 unspecified atom stereocenters. The highest BCUT2D eigenvalue weighted by Gasteiger charge is 2.31. The lowest BCUT2D eigenvalue weighted by atomic mass is 10.0. The van der Waals surface area contributed by atoms with Crippen LogP contribution < -0.4 is 5.84 Å². The summed E-state index contributed by atoms with van der Waals surface area (Å²) in [5.74, 6) is 6.21. The van der Waals surface area contributed by atoms with E-state index in [2.05, 4.69) is 0 Å². The molecule has 0 aromatic heterocycles. The van der Waals surface area contributed by atoms with Crippen LogP contribution in [-0.2, 0) is 6.42 Å². The van der Waals surface area contributed by atoms with Gasteiger partial charge in [0.25, 0.3) is 0 Å². The third-order valence-electron chi connectivity index (χ3n) is 3.85. The fourth-order valence-corrected chi connectivity index (χ4v) is 2.55. The van der Waals surface area contributed by atoms with Crippen LogP contribution in [0.15, 0.2) is 30.3 Å². The summed E-state index contributed by atoms with van der Waals surface area (Å²) in [6.45, 7) is 10.7. The molecule has 3 N–H and O–H groups in total. The zero-order chi connectivity index (χ0) is 18.3. The standard InChI is InChI=1S/C19H33N3O2/c1-15(2)13-22(20)18(24)21(19(3,4)5)14-17(23)12-11-16-9-7-6-8-10-16/h6-10,15,17,23H,11-14,20H2,1-5H3/t17-/m1/s1. The van der Waals surface area contributed by atoms with Crippen molar-refractivity contribution in [3.8, 4) is 0 Å². The van der Waals surface area contributed by atoms with E-state index in [1.165, 1.54) is 10.6 Å². The second-order valence-electron chi connectivity index (χ2n) is 7.79. The average molecular weight is 335 g/mol. The fourth-order valence-electron chi connectivity index (χ4n) is 2.55. The molecule has 136 valence electrons. The van der Waals surface area contributed by atoms with Crippen molar-refractivity contribution in [1.29, 1.82) is 0 Å². The van der Waals surface area contributed by atoms with E-state index < -0.39 is 11.6 Å². The maximum atomic E-state index is 12.7. The van der Waals surface area contributed by atoms with E-state index in [4.69, 9.17) is 5.84 Å². The number of nitrogens with two attached hydrogens (primary N) is 1. The number of carbonyl (C=O) groups excluding carboxylic acids is 1. The van der Waals surface area contributed by atoms with Crippen molar-refractivity contribution in [3.05, 3.63) is 35.9 Å². The molecule has 1 rings (SSSR count). The third kappa shape index (κ3) is 6.89. The minimum Gasteiger partial charge on any atom is -0.391 e. The Morgan fingerprint density at radius 2 is 1.75 bits per heavy atom. The molecule has 0 radical (unpaired) electrons. The topological polar surface area (TPSA) is 69.8 Å². The number of carbonyl (C=O) groups is 1. The molecule has 0 saturated carbocycles. The Morgan fingerprint density at radius 3 is 2.25 bits per heavy atom. The van der Waals surface area contributed by atoms with Crippen LogP contribution in [0.3, 0.4) is 0 Å². The summed E-state index contributed by atoms with van der Waals surface area (Å²) in [7, 11) is 0. The first-order valence-electron chi connectivity index (χ1n) is 8.67. The molecule has 0 heterocycles. The van der Waals surface area contributed by atoms with E-state index in [0.717, 1.165) is 6.42 Å². The maximum absolute atomic E-state index is 12.7. The van der Waals surface area contributed by atoms with Gasteiger partial charge in [-0.15, -0.1) is 0 Å². The van der Waals surface area contributed by atoms with Gasteiger partial charge in [0.15, 0.2) is 0 Å². The van der Waals surface area contributed by atoms with Crippen molar-refractivity contribution >= 4 is 6.03 Å². The first-order valence-corrected chi connectivity index (χ1v) is 8.67. The zero-order valence-corrected chi connectivity index (χ0v) is 15.7. The largest absolute Gasteiger partial charge is 0.391 e. The molecule has 5 heteroatoms. The zero-order valence-electron chi connectivity index (χ0n) is 15.7. The molecule has 0 aliphatic rings. The van der Waals surface area contributed by atoms with Gasteiger partial charge in [0.2, 0.25) is 0 Å². The number of hydrogen-bond acceptors (Lipinski definition) is 3. The molecule has 0 aliphatic carbocycles. The Kier molecular flexibility index (Phi) is 7.70. The number of β-amino-alcohol motifs (C(OH)–C–C–N with tert-alkyl or cyclic N) is 1. The smallest absolute Gasteiger partial charge is 0.334 e. The lowest BCUT2D eigenvalue weighted by molar-refractivity contribution is 0.0573. The quantitative estimate of drug-likeness (QED) is 0.457. The van der Waals surface area contributed by atoms with Crippen LogP contribution in [0, 0.1) is 5.92 Å². The highest BCUT2D eigenvalue weighted by Crippen LogP contribution is 2.17. The predicted molar refractivity (Wildman–Crippen MR) is 98.4 cm³/mol. The second-order valence-corrected chi connectivity index (χ2v) is 7.79. The van der Waals surface area contributed by atoms with E-state index in [9.17, 15) is 9.90 Å². The van der Waals surface area contributed by atoms with Crippen LogP contribution >= 0.6 is 0 Å². The van der Waals surface area contributed by atoms with Crippen LogP contribution in [0.5, 0.6) is 0 Å². The molecule has 5 nitrogen and oxygen atoms in total. The first kappa shape index (κ1) is 20.5. The summed E-state index contributed by atoms with van der Waals surface area (Å²) in [6, 6.07) is 9.81. The lowest BCUT2D eigenvalue weighted by Gasteiger charge is -2.39. The summed E-state index contributed by atoms with van der Waals surface area (Å²) < 4.78 is 0. The van der Waals surface area contributed by atoms with E-state index >= 15 is 0 Å². The molecule has 0 fully saturated rings. The molecule has 0 spiro atoms. The molecule has 2 amide bonds. The normalized spacial score (nSPS) is 13.0. The number of aryl methyl sites for hydroxylation is 1. The number of hydrogen-bond donors (Lipinski definition) is 2. The van der Waals surface area contributed by atoms with Gasteiger partial charge in [-0.3, -0.25) is 5.01 Å². The van der Waals surface area contributed by atoms with E-state index in [-0.39, 0.29) is 12.6 Å². The number of aliphatic hydroxyl groups is 1. The fraction of sp³-hybridized carbons (Fsp3) is 0.632. The summed E-state index contributed by atoms with van der Waals surface area (Å²) >= 11 is 0.